The highest BCUT2D eigenvalue weighted by molar-refractivity contribution is 8.13. The van der Waals surface area contributed by atoms with Gasteiger partial charge in [-0.1, -0.05) is 0 Å². The van der Waals surface area contributed by atoms with Crippen LogP contribution in [0.4, 0.5) is 10.1 Å². The van der Waals surface area contributed by atoms with Gasteiger partial charge >= 0.3 is 0 Å². The molecular weight excluding hydrogens is 199 g/mol. The maximum Gasteiger partial charge on any atom is 0.150 e. The summed E-state index contributed by atoms with van der Waals surface area (Å²) in [5, 5.41) is 9.31. The Hall–Kier alpha value is -1.34. The summed E-state index contributed by atoms with van der Waals surface area (Å²) >= 11 is 1.46. The van der Waals surface area contributed by atoms with E-state index >= 15 is 0 Å². The minimum atomic E-state index is -0.461. The zero-order valence-electron chi connectivity index (χ0n) is 7.91. The molecule has 0 atom stereocenters. The number of thioether (sulfide) groups is 1. The van der Waals surface area contributed by atoms with E-state index in [1.807, 2.05) is 19.2 Å². The Bertz CT molecular complexity index is 407. The summed E-state index contributed by atoms with van der Waals surface area (Å²) in [4.78, 5) is 4.05. The molecule has 0 radical (unpaired) electrons. The highest BCUT2D eigenvalue weighted by Gasteiger charge is 2.02. The highest BCUT2D eigenvalue weighted by atomic mass is 32.2. The van der Waals surface area contributed by atoms with E-state index in [4.69, 9.17) is 5.26 Å². The van der Waals surface area contributed by atoms with Gasteiger partial charge in [-0.05, 0) is 31.4 Å². The average Bonchev–Trinajstić information content (AvgIpc) is 2.20. The van der Waals surface area contributed by atoms with Crippen LogP contribution in [0.5, 0.6) is 0 Å². The molecule has 0 saturated carbocycles. The van der Waals surface area contributed by atoms with E-state index in [1.165, 1.54) is 23.9 Å². The molecule has 4 heteroatoms. The van der Waals surface area contributed by atoms with Crippen LogP contribution in [0.1, 0.15) is 12.5 Å². The van der Waals surface area contributed by atoms with Crippen molar-refractivity contribution in [2.75, 3.05) is 6.26 Å². The quantitative estimate of drug-likeness (QED) is 0.525. The minimum Gasteiger partial charge on any atom is -0.244 e. The smallest absolute Gasteiger partial charge is 0.150 e. The van der Waals surface area contributed by atoms with Crippen LogP contribution in [0.3, 0.4) is 0 Å². The highest BCUT2D eigenvalue weighted by Crippen LogP contribution is 2.20. The van der Waals surface area contributed by atoms with Crippen molar-refractivity contribution in [1.29, 1.82) is 5.26 Å². The van der Waals surface area contributed by atoms with E-state index < -0.39 is 5.82 Å². The lowest BCUT2D eigenvalue weighted by Crippen LogP contribution is -1.84. The molecule has 0 heterocycles. The van der Waals surface area contributed by atoms with Crippen LogP contribution < -0.4 is 0 Å². The van der Waals surface area contributed by atoms with Gasteiger partial charge in [0.25, 0.3) is 0 Å². The average molecular weight is 208 g/mol. The summed E-state index contributed by atoms with van der Waals surface area (Å²) in [6.07, 6.45) is 1.88. The van der Waals surface area contributed by atoms with Gasteiger partial charge in [0.1, 0.15) is 5.82 Å². The van der Waals surface area contributed by atoms with Crippen molar-refractivity contribution in [2.45, 2.75) is 6.92 Å². The van der Waals surface area contributed by atoms with Gasteiger partial charge < -0.3 is 0 Å². The summed E-state index contributed by atoms with van der Waals surface area (Å²) in [5.74, 6) is -0.461. The largest absolute Gasteiger partial charge is 0.244 e. The van der Waals surface area contributed by atoms with Crippen LogP contribution in [0.15, 0.2) is 23.2 Å². The van der Waals surface area contributed by atoms with E-state index in [9.17, 15) is 4.39 Å². The second kappa shape index (κ2) is 4.77. The molecule has 1 aromatic rings. The molecule has 1 rings (SSSR count). The summed E-state index contributed by atoms with van der Waals surface area (Å²) in [6, 6.07) is 6.11. The number of hydrogen-bond acceptors (Lipinski definition) is 3. The fraction of sp³-hybridized carbons (Fsp3) is 0.200. The molecule has 0 aliphatic carbocycles. The van der Waals surface area contributed by atoms with Crippen LogP contribution in [-0.2, 0) is 0 Å². The molecule has 2 nitrogen and oxygen atoms in total. The van der Waals surface area contributed by atoms with Crippen molar-refractivity contribution in [2.24, 2.45) is 4.99 Å². The van der Waals surface area contributed by atoms with Gasteiger partial charge in [-0.2, -0.15) is 5.26 Å². The van der Waals surface area contributed by atoms with E-state index in [0.29, 0.717) is 5.56 Å². The Morgan fingerprint density at radius 3 is 2.79 bits per heavy atom. The van der Waals surface area contributed by atoms with Crippen LogP contribution in [-0.4, -0.2) is 11.3 Å². The maximum atomic E-state index is 13.3. The number of rotatable bonds is 1. The fourth-order valence-electron chi connectivity index (χ4n) is 0.882. The van der Waals surface area contributed by atoms with Crippen molar-refractivity contribution in [3.8, 4) is 6.07 Å². The summed E-state index contributed by atoms with van der Waals surface area (Å²) in [6.45, 7) is 1.81. The lowest BCUT2D eigenvalue weighted by atomic mass is 10.2. The van der Waals surface area contributed by atoms with Gasteiger partial charge in [0.15, 0.2) is 0 Å². The van der Waals surface area contributed by atoms with Crippen molar-refractivity contribution < 1.29 is 4.39 Å². The van der Waals surface area contributed by atoms with Crippen molar-refractivity contribution in [3.63, 3.8) is 0 Å². The first-order valence-corrected chi connectivity index (χ1v) is 5.18. The van der Waals surface area contributed by atoms with Crippen molar-refractivity contribution >= 4 is 22.5 Å². The van der Waals surface area contributed by atoms with Crippen LogP contribution in [0.25, 0.3) is 0 Å². The molecule has 0 fully saturated rings. The first kappa shape index (κ1) is 10.7. The maximum absolute atomic E-state index is 13.3. The predicted octanol–water partition coefficient (Wildman–Crippen LogP) is 3.11. The van der Waals surface area contributed by atoms with E-state index in [-0.39, 0.29) is 5.69 Å². The van der Waals surface area contributed by atoms with Crippen molar-refractivity contribution in [1.82, 2.24) is 0 Å². The van der Waals surface area contributed by atoms with Gasteiger partial charge in [0.2, 0.25) is 0 Å². The molecule has 0 bridgehead atoms. The summed E-state index contributed by atoms with van der Waals surface area (Å²) in [5.41, 5.74) is 0.583. The normalized spacial score (nSPS) is 11.1. The number of aliphatic imine (C=N–C) groups is 1. The topological polar surface area (TPSA) is 36.1 Å². The second-order valence-electron chi connectivity index (χ2n) is 2.61. The van der Waals surface area contributed by atoms with Gasteiger partial charge in [-0.25, -0.2) is 9.38 Å². The standard InChI is InChI=1S/C10H9FN2S/c1-7(14-2)13-10-4-3-8(6-12)5-9(10)11/h3-5H,1-2H3. The fourth-order valence-corrected chi connectivity index (χ4v) is 1.07. The monoisotopic (exact) mass is 208 g/mol. The Balaban J connectivity index is 3.08. The third kappa shape index (κ3) is 2.57. The van der Waals surface area contributed by atoms with Crippen molar-refractivity contribution in [3.05, 3.63) is 29.6 Å². The van der Waals surface area contributed by atoms with Gasteiger partial charge in [-0.15, -0.1) is 11.8 Å². The van der Waals surface area contributed by atoms with Gasteiger partial charge in [0.05, 0.1) is 22.4 Å². The first-order chi connectivity index (χ1) is 6.67. The molecule has 0 unspecified atom stereocenters. The Kier molecular flexibility index (Phi) is 3.66. The zero-order chi connectivity index (χ0) is 10.6. The number of benzene rings is 1. The molecule has 0 aromatic heterocycles. The minimum absolute atomic E-state index is 0.274. The SMILES string of the molecule is CSC(C)=Nc1ccc(C#N)cc1F. The third-order valence-electron chi connectivity index (χ3n) is 1.65. The summed E-state index contributed by atoms with van der Waals surface area (Å²) < 4.78 is 13.3. The number of nitrogens with zero attached hydrogens (tertiary/aromatic N) is 2. The molecule has 1 aromatic carbocycles. The Labute approximate surface area is 86.5 Å². The lowest BCUT2D eigenvalue weighted by Gasteiger charge is -1.98. The molecular formula is C10H9FN2S. The van der Waals surface area contributed by atoms with Gasteiger partial charge in [0, 0.05) is 0 Å². The lowest BCUT2D eigenvalue weighted by molar-refractivity contribution is 0.629. The predicted molar refractivity (Wildman–Crippen MR) is 57.4 cm³/mol. The Morgan fingerprint density at radius 2 is 2.29 bits per heavy atom. The molecule has 0 spiro atoms. The molecule has 0 saturated heterocycles. The zero-order valence-corrected chi connectivity index (χ0v) is 8.73. The summed E-state index contributed by atoms with van der Waals surface area (Å²) in [7, 11) is 0. The molecule has 14 heavy (non-hydrogen) atoms. The van der Waals surface area contributed by atoms with Crippen LogP contribution >= 0.6 is 11.8 Å². The molecule has 0 aliphatic rings. The van der Waals surface area contributed by atoms with Gasteiger partial charge in [-0.3, -0.25) is 0 Å². The number of nitriles is 1. The molecule has 0 aliphatic heterocycles. The first-order valence-electron chi connectivity index (χ1n) is 3.96. The second-order valence-corrected chi connectivity index (χ2v) is 3.61. The Morgan fingerprint density at radius 1 is 1.57 bits per heavy atom. The van der Waals surface area contributed by atoms with Crippen LogP contribution in [0, 0.1) is 17.1 Å². The molecule has 72 valence electrons. The number of halogens is 1. The molecule has 0 amide bonds. The van der Waals surface area contributed by atoms with E-state index in [0.717, 1.165) is 5.04 Å². The third-order valence-corrected chi connectivity index (χ3v) is 2.33. The van der Waals surface area contributed by atoms with E-state index in [2.05, 4.69) is 4.99 Å². The van der Waals surface area contributed by atoms with Crippen LogP contribution in [0.2, 0.25) is 0 Å². The molecule has 0 N–H and O–H groups in total. The number of hydrogen-bond donors (Lipinski definition) is 0. The van der Waals surface area contributed by atoms with E-state index in [1.54, 1.807) is 6.07 Å².